The molecule has 0 aliphatic carbocycles. The molecule has 0 radical (unpaired) electrons. The third kappa shape index (κ3) is 4.97. The zero-order valence-corrected chi connectivity index (χ0v) is 14.4. The molecule has 0 bridgehead atoms. The molecule has 0 unspecified atom stereocenters. The molecule has 2 N–H and O–H groups in total. The van der Waals surface area contributed by atoms with Gasteiger partial charge in [-0.3, -0.25) is 4.55 Å². The van der Waals surface area contributed by atoms with Crippen LogP contribution in [-0.2, 0) is 16.5 Å². The van der Waals surface area contributed by atoms with Crippen molar-refractivity contribution >= 4 is 10.1 Å². The average Bonchev–Trinajstić information content (AvgIpc) is 2.52. The van der Waals surface area contributed by atoms with Crippen LogP contribution in [0.5, 0.6) is 17.2 Å². The molecule has 5 nitrogen and oxygen atoms in total. The van der Waals surface area contributed by atoms with Crippen LogP contribution in [0.15, 0.2) is 47.4 Å². The summed E-state index contributed by atoms with van der Waals surface area (Å²) in [5.74, 6) is -0.237. The predicted molar refractivity (Wildman–Crippen MR) is 92.3 cm³/mol. The first kappa shape index (κ1) is 18.3. The van der Waals surface area contributed by atoms with E-state index in [0.717, 1.165) is 12.8 Å². The quantitative estimate of drug-likeness (QED) is 0.539. The summed E-state index contributed by atoms with van der Waals surface area (Å²) in [7, 11) is -4.58. The van der Waals surface area contributed by atoms with Gasteiger partial charge in [0.1, 0.15) is 11.5 Å². The van der Waals surface area contributed by atoms with Crippen molar-refractivity contribution in [1.82, 2.24) is 0 Å². The van der Waals surface area contributed by atoms with Crippen molar-refractivity contribution in [2.45, 2.75) is 43.9 Å². The molecule has 24 heavy (non-hydrogen) atoms. The molecular formula is C18H22O5S. The van der Waals surface area contributed by atoms with Crippen LogP contribution < -0.4 is 4.74 Å². The van der Waals surface area contributed by atoms with E-state index in [4.69, 9.17) is 4.74 Å². The predicted octanol–water partition coefficient (Wildman–Crippen LogP) is 4.55. The molecule has 2 rings (SSSR count). The van der Waals surface area contributed by atoms with Gasteiger partial charge in [0.25, 0.3) is 0 Å². The first-order valence-corrected chi connectivity index (χ1v) is 9.42. The number of hydrogen-bond donors (Lipinski definition) is 2. The van der Waals surface area contributed by atoms with Crippen LogP contribution in [0.3, 0.4) is 0 Å². The Labute approximate surface area is 142 Å². The van der Waals surface area contributed by atoms with E-state index in [1.165, 1.54) is 43.0 Å². The van der Waals surface area contributed by atoms with Gasteiger partial charge in [-0.05, 0) is 42.7 Å². The number of unbranched alkanes of at least 4 members (excludes halogenated alkanes) is 3. The summed E-state index contributed by atoms with van der Waals surface area (Å²) in [4.78, 5) is -0.631. The SMILES string of the molecule is CCCCCCc1ccc(Oc2cccc(O)c2S(=O)(=O)O)cc1. The summed E-state index contributed by atoms with van der Waals surface area (Å²) in [6, 6.07) is 11.3. The molecule has 0 aliphatic rings. The molecule has 0 amide bonds. The number of phenols is 1. The molecule has 0 spiro atoms. The van der Waals surface area contributed by atoms with Crippen molar-refractivity contribution in [3.8, 4) is 17.2 Å². The Balaban J connectivity index is 2.11. The van der Waals surface area contributed by atoms with Crippen LogP contribution in [0.2, 0.25) is 0 Å². The first-order valence-electron chi connectivity index (χ1n) is 7.98. The lowest BCUT2D eigenvalue weighted by atomic mass is 10.1. The highest BCUT2D eigenvalue weighted by Crippen LogP contribution is 2.35. The minimum Gasteiger partial charge on any atom is -0.506 e. The Bertz CT molecular complexity index is 766. The van der Waals surface area contributed by atoms with Crippen molar-refractivity contribution in [2.75, 3.05) is 0 Å². The number of aromatic hydroxyl groups is 1. The third-order valence-corrected chi connectivity index (χ3v) is 4.61. The monoisotopic (exact) mass is 350 g/mol. The van der Waals surface area contributed by atoms with Crippen LogP contribution in [-0.4, -0.2) is 18.1 Å². The van der Waals surface area contributed by atoms with Crippen LogP contribution in [0, 0.1) is 0 Å². The van der Waals surface area contributed by atoms with Gasteiger partial charge in [-0.2, -0.15) is 8.42 Å². The van der Waals surface area contributed by atoms with Gasteiger partial charge in [-0.15, -0.1) is 0 Å². The maximum absolute atomic E-state index is 11.4. The van der Waals surface area contributed by atoms with Gasteiger partial charge in [-0.25, -0.2) is 0 Å². The molecule has 2 aromatic rings. The van der Waals surface area contributed by atoms with E-state index in [1.54, 1.807) is 12.1 Å². The summed E-state index contributed by atoms with van der Waals surface area (Å²) < 4.78 is 37.6. The van der Waals surface area contributed by atoms with Crippen LogP contribution in [0.25, 0.3) is 0 Å². The zero-order chi connectivity index (χ0) is 17.6. The second-order valence-electron chi connectivity index (χ2n) is 5.64. The standard InChI is InChI=1S/C18H22O5S/c1-2-3-4-5-7-14-10-12-15(13-11-14)23-17-9-6-8-16(19)18(17)24(20,21)22/h6,8-13,19H,2-5,7H2,1H3,(H,20,21,22). The molecule has 6 heteroatoms. The van der Waals surface area contributed by atoms with Gasteiger partial charge in [0, 0.05) is 0 Å². The summed E-state index contributed by atoms with van der Waals surface area (Å²) in [6.45, 7) is 2.17. The average molecular weight is 350 g/mol. The molecule has 0 atom stereocenters. The Morgan fingerprint density at radius 2 is 1.71 bits per heavy atom. The molecule has 0 aromatic heterocycles. The minimum atomic E-state index is -4.58. The fourth-order valence-electron chi connectivity index (χ4n) is 2.45. The Kier molecular flexibility index (Phi) is 6.23. The maximum Gasteiger partial charge on any atom is 0.301 e. The summed E-state index contributed by atoms with van der Waals surface area (Å²) in [5, 5.41) is 9.67. The largest absolute Gasteiger partial charge is 0.506 e. The van der Waals surface area contributed by atoms with E-state index in [1.807, 2.05) is 12.1 Å². The normalized spacial score (nSPS) is 11.4. The molecule has 0 fully saturated rings. The lowest BCUT2D eigenvalue weighted by Crippen LogP contribution is -2.01. The molecule has 0 saturated heterocycles. The van der Waals surface area contributed by atoms with E-state index in [-0.39, 0.29) is 5.75 Å². The van der Waals surface area contributed by atoms with Crippen molar-refractivity contribution < 1.29 is 22.8 Å². The number of benzene rings is 2. The second-order valence-corrected chi connectivity index (χ2v) is 6.99. The summed E-state index contributed by atoms with van der Waals surface area (Å²) >= 11 is 0. The Hall–Kier alpha value is -2.05. The number of ether oxygens (including phenoxy) is 1. The number of hydrogen-bond acceptors (Lipinski definition) is 4. The van der Waals surface area contributed by atoms with Crippen LogP contribution in [0.1, 0.15) is 38.2 Å². The van der Waals surface area contributed by atoms with Gasteiger partial charge >= 0.3 is 10.1 Å². The molecular weight excluding hydrogens is 328 g/mol. The van der Waals surface area contributed by atoms with Crippen molar-refractivity contribution in [1.29, 1.82) is 0 Å². The molecule has 0 aliphatic heterocycles. The number of phenolic OH excluding ortho intramolecular Hbond substituents is 1. The molecule has 2 aromatic carbocycles. The third-order valence-electron chi connectivity index (χ3n) is 3.69. The van der Waals surface area contributed by atoms with Gasteiger partial charge in [0.05, 0.1) is 0 Å². The van der Waals surface area contributed by atoms with Gasteiger partial charge in [0.2, 0.25) is 0 Å². The number of rotatable bonds is 8. The smallest absolute Gasteiger partial charge is 0.301 e. The Morgan fingerprint density at radius 1 is 1.00 bits per heavy atom. The fraction of sp³-hybridized carbons (Fsp3) is 0.333. The second kappa shape index (κ2) is 8.17. The zero-order valence-electron chi connectivity index (χ0n) is 13.6. The van der Waals surface area contributed by atoms with Gasteiger partial charge < -0.3 is 9.84 Å². The van der Waals surface area contributed by atoms with Crippen LogP contribution in [0.4, 0.5) is 0 Å². The highest BCUT2D eigenvalue weighted by Gasteiger charge is 2.22. The first-order chi connectivity index (χ1) is 11.4. The van der Waals surface area contributed by atoms with Gasteiger partial charge in [0.15, 0.2) is 10.6 Å². The summed E-state index contributed by atoms with van der Waals surface area (Å²) in [5.41, 5.74) is 1.18. The number of aryl methyl sites for hydroxylation is 1. The van der Waals surface area contributed by atoms with E-state index < -0.39 is 20.8 Å². The van der Waals surface area contributed by atoms with Crippen LogP contribution >= 0.6 is 0 Å². The maximum atomic E-state index is 11.4. The highest BCUT2D eigenvalue weighted by atomic mass is 32.2. The van der Waals surface area contributed by atoms with Crippen molar-refractivity contribution in [3.63, 3.8) is 0 Å². The van der Waals surface area contributed by atoms with Gasteiger partial charge in [-0.1, -0.05) is 44.4 Å². The van der Waals surface area contributed by atoms with E-state index >= 15 is 0 Å². The Morgan fingerprint density at radius 3 is 2.33 bits per heavy atom. The molecule has 0 heterocycles. The highest BCUT2D eigenvalue weighted by molar-refractivity contribution is 7.86. The van der Waals surface area contributed by atoms with Crippen molar-refractivity contribution in [3.05, 3.63) is 48.0 Å². The summed E-state index contributed by atoms with van der Waals surface area (Å²) in [6.07, 6.45) is 5.76. The lowest BCUT2D eigenvalue weighted by Gasteiger charge is -2.11. The minimum absolute atomic E-state index is 0.117. The van der Waals surface area contributed by atoms with E-state index in [9.17, 15) is 18.1 Å². The molecule has 0 saturated carbocycles. The fourth-order valence-corrected chi connectivity index (χ4v) is 3.15. The van der Waals surface area contributed by atoms with Crippen molar-refractivity contribution in [2.24, 2.45) is 0 Å². The van der Waals surface area contributed by atoms with E-state index in [2.05, 4.69) is 6.92 Å². The lowest BCUT2D eigenvalue weighted by molar-refractivity contribution is 0.415. The topological polar surface area (TPSA) is 83.8 Å². The molecule has 130 valence electrons. The van der Waals surface area contributed by atoms with E-state index in [0.29, 0.717) is 5.75 Å².